The Labute approximate surface area is 156 Å². The predicted molar refractivity (Wildman–Crippen MR) is 106 cm³/mol. The van der Waals surface area contributed by atoms with E-state index in [2.05, 4.69) is 10.3 Å². The second-order valence-corrected chi connectivity index (χ2v) is 7.88. The molecule has 3 aromatic rings. The highest BCUT2D eigenvalue weighted by Crippen LogP contribution is 2.35. The molecule has 0 bridgehead atoms. The average Bonchev–Trinajstić information content (AvgIpc) is 2.95. The van der Waals surface area contributed by atoms with Gasteiger partial charge >= 0.3 is 0 Å². The minimum absolute atomic E-state index is 0.0191. The van der Waals surface area contributed by atoms with E-state index < -0.39 is 0 Å². The molecule has 6 heteroatoms. The molecular weight excluding hydrogens is 346 g/mol. The molecule has 0 aliphatic rings. The maximum atomic E-state index is 12.9. The quantitative estimate of drug-likeness (QED) is 0.747. The fourth-order valence-electron chi connectivity index (χ4n) is 2.76. The van der Waals surface area contributed by atoms with Gasteiger partial charge in [-0.05, 0) is 30.9 Å². The van der Waals surface area contributed by atoms with E-state index in [9.17, 15) is 9.59 Å². The van der Waals surface area contributed by atoms with Gasteiger partial charge in [0.2, 0.25) is 5.91 Å². The van der Waals surface area contributed by atoms with Crippen LogP contribution in [-0.2, 0) is 11.3 Å². The number of aromatic nitrogens is 2. The number of fused-ring (bicyclic) bond motifs is 1. The summed E-state index contributed by atoms with van der Waals surface area (Å²) in [4.78, 5) is 31.3. The Balaban J connectivity index is 1.95. The number of benzene rings is 1. The van der Waals surface area contributed by atoms with E-state index in [4.69, 9.17) is 0 Å². The highest BCUT2D eigenvalue weighted by Gasteiger charge is 2.17. The van der Waals surface area contributed by atoms with Gasteiger partial charge in [-0.1, -0.05) is 44.2 Å². The van der Waals surface area contributed by atoms with Crippen molar-refractivity contribution < 1.29 is 4.79 Å². The van der Waals surface area contributed by atoms with Crippen molar-refractivity contribution in [3.8, 4) is 10.4 Å². The monoisotopic (exact) mass is 369 g/mol. The summed E-state index contributed by atoms with van der Waals surface area (Å²) in [7, 11) is 0. The number of thiophene rings is 1. The number of nitrogens with one attached hydrogen (secondary N) is 1. The lowest BCUT2D eigenvalue weighted by Gasteiger charge is -2.17. The first-order chi connectivity index (χ1) is 12.4. The summed E-state index contributed by atoms with van der Waals surface area (Å²) in [6.07, 6.45) is 1.47. The van der Waals surface area contributed by atoms with Crippen LogP contribution in [0, 0.1) is 12.8 Å². The maximum Gasteiger partial charge on any atom is 0.262 e. The molecule has 5 nitrogen and oxygen atoms in total. The average molecular weight is 369 g/mol. The molecule has 0 fully saturated rings. The third-order valence-electron chi connectivity index (χ3n) is 4.66. The van der Waals surface area contributed by atoms with E-state index in [-0.39, 0.29) is 24.1 Å². The molecule has 1 amide bonds. The molecule has 1 N–H and O–H groups in total. The first kappa shape index (κ1) is 18.3. The number of carbonyl (C=O) groups is 1. The van der Waals surface area contributed by atoms with E-state index in [0.717, 1.165) is 16.0 Å². The lowest BCUT2D eigenvalue weighted by atomic mass is 10.1. The van der Waals surface area contributed by atoms with Crippen LogP contribution in [-0.4, -0.2) is 21.5 Å². The Hall–Kier alpha value is -2.47. The molecule has 0 radical (unpaired) electrons. The van der Waals surface area contributed by atoms with Crippen molar-refractivity contribution in [3.05, 3.63) is 52.6 Å². The summed E-state index contributed by atoms with van der Waals surface area (Å²) in [5.74, 6) is 0.162. The molecular formula is C20H23N3O2S. The molecule has 2 heterocycles. The lowest BCUT2D eigenvalue weighted by Crippen LogP contribution is -2.39. The molecule has 136 valence electrons. The van der Waals surface area contributed by atoms with Gasteiger partial charge in [0, 0.05) is 10.9 Å². The fourth-order valence-corrected chi connectivity index (χ4v) is 3.90. The van der Waals surface area contributed by atoms with Crippen LogP contribution in [0.5, 0.6) is 0 Å². The Morgan fingerprint density at radius 2 is 1.92 bits per heavy atom. The third kappa shape index (κ3) is 3.55. The van der Waals surface area contributed by atoms with Gasteiger partial charge in [0.15, 0.2) is 0 Å². The van der Waals surface area contributed by atoms with Crippen molar-refractivity contribution in [2.75, 3.05) is 0 Å². The number of aryl methyl sites for hydroxylation is 1. The second kappa shape index (κ2) is 7.41. The normalized spacial score (nSPS) is 12.5. The van der Waals surface area contributed by atoms with E-state index in [1.54, 1.807) is 0 Å². The number of nitrogens with zero attached hydrogens (tertiary/aromatic N) is 2. The number of rotatable bonds is 5. The zero-order valence-corrected chi connectivity index (χ0v) is 16.3. The second-order valence-electron chi connectivity index (χ2n) is 6.88. The molecule has 0 saturated heterocycles. The zero-order chi connectivity index (χ0) is 18.8. The van der Waals surface area contributed by atoms with Crippen LogP contribution in [0.4, 0.5) is 0 Å². The molecule has 0 spiro atoms. The van der Waals surface area contributed by atoms with Gasteiger partial charge in [-0.25, -0.2) is 4.98 Å². The number of hydrogen-bond acceptors (Lipinski definition) is 4. The van der Waals surface area contributed by atoms with Gasteiger partial charge < -0.3 is 5.32 Å². The molecule has 2 aromatic heterocycles. The van der Waals surface area contributed by atoms with Crippen LogP contribution in [0.15, 0.2) is 41.5 Å². The number of hydrogen-bond donors (Lipinski definition) is 1. The van der Waals surface area contributed by atoms with Crippen molar-refractivity contribution in [2.45, 2.75) is 40.3 Å². The van der Waals surface area contributed by atoms with Crippen molar-refractivity contribution in [2.24, 2.45) is 5.92 Å². The van der Waals surface area contributed by atoms with Crippen molar-refractivity contribution in [1.29, 1.82) is 0 Å². The standard InChI is InChI=1S/C20H23N3O2S/c1-12(2)14(4)22-16(24)10-23-11-21-19-17(20(23)25)13(3)18(26-19)15-8-6-5-7-9-15/h5-9,11-12,14H,10H2,1-4H3,(H,22,24)/t14-/m0/s1. The van der Waals surface area contributed by atoms with Crippen LogP contribution in [0.25, 0.3) is 20.7 Å². The Kier molecular flexibility index (Phi) is 5.23. The first-order valence-electron chi connectivity index (χ1n) is 8.71. The first-order valence-corrected chi connectivity index (χ1v) is 9.53. The van der Waals surface area contributed by atoms with Crippen LogP contribution in [0.3, 0.4) is 0 Å². The molecule has 0 aliphatic heterocycles. The van der Waals surface area contributed by atoms with Crippen molar-refractivity contribution in [1.82, 2.24) is 14.9 Å². The number of amides is 1. The third-order valence-corrected chi connectivity index (χ3v) is 5.90. The minimum atomic E-state index is -0.175. The van der Waals surface area contributed by atoms with Crippen LogP contribution < -0.4 is 10.9 Å². The summed E-state index contributed by atoms with van der Waals surface area (Å²) < 4.78 is 1.39. The van der Waals surface area contributed by atoms with Crippen LogP contribution in [0.2, 0.25) is 0 Å². The van der Waals surface area contributed by atoms with Crippen LogP contribution >= 0.6 is 11.3 Å². The summed E-state index contributed by atoms with van der Waals surface area (Å²) in [6, 6.07) is 10.0. The maximum absolute atomic E-state index is 12.9. The van der Waals surface area contributed by atoms with Gasteiger partial charge in [0.1, 0.15) is 11.4 Å². The fraction of sp³-hybridized carbons (Fsp3) is 0.350. The van der Waals surface area contributed by atoms with Gasteiger partial charge in [-0.3, -0.25) is 14.2 Å². The SMILES string of the molecule is Cc1c(-c2ccccc2)sc2ncn(CC(=O)N[C@@H](C)C(C)C)c(=O)c12. The predicted octanol–water partition coefficient (Wildman–Crippen LogP) is 3.59. The molecule has 0 aliphatic carbocycles. The molecule has 1 aromatic carbocycles. The Morgan fingerprint density at radius 1 is 1.23 bits per heavy atom. The molecule has 26 heavy (non-hydrogen) atoms. The van der Waals surface area contributed by atoms with Crippen LogP contribution in [0.1, 0.15) is 26.3 Å². The lowest BCUT2D eigenvalue weighted by molar-refractivity contribution is -0.122. The molecule has 0 unspecified atom stereocenters. The summed E-state index contributed by atoms with van der Waals surface area (Å²) in [6.45, 7) is 7.97. The van der Waals surface area contributed by atoms with Gasteiger partial charge in [-0.2, -0.15) is 0 Å². The number of carbonyl (C=O) groups excluding carboxylic acids is 1. The summed E-state index contributed by atoms with van der Waals surface area (Å²) >= 11 is 1.51. The van der Waals surface area contributed by atoms with E-state index in [1.165, 1.54) is 22.2 Å². The highest BCUT2D eigenvalue weighted by atomic mass is 32.1. The smallest absolute Gasteiger partial charge is 0.262 e. The van der Waals surface area contributed by atoms with Gasteiger partial charge in [0.05, 0.1) is 11.7 Å². The van der Waals surface area contributed by atoms with E-state index in [0.29, 0.717) is 16.1 Å². The van der Waals surface area contributed by atoms with E-state index >= 15 is 0 Å². The largest absolute Gasteiger partial charge is 0.352 e. The molecule has 3 rings (SSSR count). The van der Waals surface area contributed by atoms with E-state index in [1.807, 2.05) is 58.0 Å². The summed E-state index contributed by atoms with van der Waals surface area (Å²) in [5.41, 5.74) is 1.82. The van der Waals surface area contributed by atoms with Gasteiger partial charge in [0.25, 0.3) is 5.56 Å². The summed E-state index contributed by atoms with van der Waals surface area (Å²) in [5, 5.41) is 3.52. The Morgan fingerprint density at radius 3 is 2.58 bits per heavy atom. The molecule has 0 saturated carbocycles. The topological polar surface area (TPSA) is 64.0 Å². The molecule has 1 atom stereocenters. The highest BCUT2D eigenvalue weighted by molar-refractivity contribution is 7.22. The van der Waals surface area contributed by atoms with Gasteiger partial charge in [-0.15, -0.1) is 11.3 Å². The minimum Gasteiger partial charge on any atom is -0.352 e. The Bertz CT molecular complexity index is 989. The zero-order valence-electron chi connectivity index (χ0n) is 15.4. The van der Waals surface area contributed by atoms with Crippen molar-refractivity contribution >= 4 is 27.5 Å². The van der Waals surface area contributed by atoms with Crippen molar-refractivity contribution in [3.63, 3.8) is 0 Å².